The number of hydrogen-bond donors (Lipinski definition) is 1. The van der Waals surface area contributed by atoms with Crippen molar-refractivity contribution in [2.75, 3.05) is 13.7 Å². The van der Waals surface area contributed by atoms with Crippen LogP contribution in [-0.4, -0.2) is 35.1 Å². The summed E-state index contributed by atoms with van der Waals surface area (Å²) in [6, 6.07) is 7.85. The number of rotatable bonds is 5. The number of ether oxygens (including phenoxy) is 1. The molecule has 3 aromatic rings. The molecule has 1 N–H and O–H groups in total. The zero-order chi connectivity index (χ0) is 18.7. The number of thiophene rings is 1. The lowest BCUT2D eigenvalue weighted by atomic mass is 10.1. The predicted octanol–water partition coefficient (Wildman–Crippen LogP) is 1.72. The molecule has 0 aliphatic rings. The third-order valence-corrected chi connectivity index (χ3v) is 4.75. The van der Waals surface area contributed by atoms with Gasteiger partial charge in [-0.15, -0.1) is 11.3 Å². The molecule has 0 unspecified atom stereocenters. The Balaban J connectivity index is 1.91. The van der Waals surface area contributed by atoms with E-state index in [9.17, 15) is 14.4 Å². The zero-order valence-electron chi connectivity index (χ0n) is 14.3. The molecule has 0 spiro atoms. The molecule has 8 heteroatoms. The van der Waals surface area contributed by atoms with Gasteiger partial charge in [0.15, 0.2) is 6.61 Å². The molecule has 1 amide bonds. The van der Waals surface area contributed by atoms with Gasteiger partial charge in [0.1, 0.15) is 11.4 Å². The van der Waals surface area contributed by atoms with Gasteiger partial charge in [-0.2, -0.15) is 0 Å². The first-order valence-corrected chi connectivity index (χ1v) is 8.77. The second-order valence-corrected chi connectivity index (χ2v) is 6.57. The van der Waals surface area contributed by atoms with Crippen LogP contribution in [0.4, 0.5) is 0 Å². The third kappa shape index (κ3) is 3.65. The van der Waals surface area contributed by atoms with Gasteiger partial charge < -0.3 is 10.1 Å². The number of nitrogens with one attached hydrogen (secondary N) is 1. The minimum atomic E-state index is -0.677. The highest BCUT2D eigenvalue weighted by molar-refractivity contribution is 7.17. The number of amides is 1. The van der Waals surface area contributed by atoms with Crippen LogP contribution >= 0.6 is 11.3 Å². The lowest BCUT2D eigenvalue weighted by molar-refractivity contribution is -0.149. The van der Waals surface area contributed by atoms with Crippen molar-refractivity contribution < 1.29 is 14.3 Å². The number of carbonyl (C=O) groups excluding carboxylic acids is 2. The average molecular weight is 371 g/mol. The Morgan fingerprint density at radius 1 is 1.27 bits per heavy atom. The van der Waals surface area contributed by atoms with E-state index in [2.05, 4.69) is 10.3 Å². The fourth-order valence-corrected chi connectivity index (χ4v) is 3.34. The van der Waals surface area contributed by atoms with Crippen molar-refractivity contribution in [1.29, 1.82) is 0 Å². The minimum Gasteiger partial charge on any atom is -0.454 e. The van der Waals surface area contributed by atoms with Crippen LogP contribution in [-0.2, 0) is 20.9 Å². The van der Waals surface area contributed by atoms with Crippen molar-refractivity contribution in [1.82, 2.24) is 14.9 Å². The van der Waals surface area contributed by atoms with E-state index in [1.807, 2.05) is 36.6 Å². The molecular formula is C18H17N3O4S. The van der Waals surface area contributed by atoms with E-state index in [-0.39, 0.29) is 18.7 Å². The summed E-state index contributed by atoms with van der Waals surface area (Å²) in [5, 5.41) is 4.71. The van der Waals surface area contributed by atoms with Crippen LogP contribution in [0.3, 0.4) is 0 Å². The van der Waals surface area contributed by atoms with Gasteiger partial charge in [0.2, 0.25) is 0 Å². The summed E-state index contributed by atoms with van der Waals surface area (Å²) in [5.41, 5.74) is 2.52. The Labute approximate surface area is 153 Å². The molecule has 1 aromatic carbocycles. The van der Waals surface area contributed by atoms with Crippen LogP contribution in [0.25, 0.3) is 21.3 Å². The van der Waals surface area contributed by atoms with Gasteiger partial charge in [-0.05, 0) is 12.5 Å². The van der Waals surface area contributed by atoms with E-state index < -0.39 is 11.9 Å². The van der Waals surface area contributed by atoms with Crippen LogP contribution in [0, 0.1) is 6.92 Å². The Morgan fingerprint density at radius 3 is 2.69 bits per heavy atom. The van der Waals surface area contributed by atoms with Crippen molar-refractivity contribution in [3.8, 4) is 11.1 Å². The van der Waals surface area contributed by atoms with Gasteiger partial charge in [-0.3, -0.25) is 19.0 Å². The number of esters is 1. The van der Waals surface area contributed by atoms with E-state index in [0.717, 1.165) is 16.7 Å². The fourth-order valence-electron chi connectivity index (χ4n) is 2.43. The molecule has 0 radical (unpaired) electrons. The lowest BCUT2D eigenvalue weighted by Crippen LogP contribution is -2.29. The molecule has 0 bridgehead atoms. The van der Waals surface area contributed by atoms with Gasteiger partial charge in [-0.25, -0.2) is 4.98 Å². The molecule has 0 aliphatic carbocycles. The molecule has 3 rings (SSSR count). The van der Waals surface area contributed by atoms with Crippen molar-refractivity contribution in [2.24, 2.45) is 0 Å². The molecule has 2 heterocycles. The first-order chi connectivity index (χ1) is 12.5. The van der Waals surface area contributed by atoms with Crippen LogP contribution in [0.5, 0.6) is 0 Å². The van der Waals surface area contributed by atoms with Gasteiger partial charge in [-0.1, -0.05) is 29.8 Å². The van der Waals surface area contributed by atoms with Gasteiger partial charge in [0.25, 0.3) is 11.5 Å². The van der Waals surface area contributed by atoms with Crippen LogP contribution in [0.15, 0.2) is 40.8 Å². The zero-order valence-corrected chi connectivity index (χ0v) is 15.1. The largest absolute Gasteiger partial charge is 0.454 e. The minimum absolute atomic E-state index is 0.304. The van der Waals surface area contributed by atoms with Gasteiger partial charge in [0, 0.05) is 18.0 Å². The van der Waals surface area contributed by atoms with Crippen molar-refractivity contribution >= 4 is 33.4 Å². The molecule has 26 heavy (non-hydrogen) atoms. The smallest absolute Gasteiger partial charge is 0.326 e. The number of aryl methyl sites for hydroxylation is 1. The highest BCUT2D eigenvalue weighted by Crippen LogP contribution is 2.30. The third-order valence-electron chi connectivity index (χ3n) is 3.87. The van der Waals surface area contributed by atoms with E-state index in [0.29, 0.717) is 10.2 Å². The molecule has 7 nitrogen and oxygen atoms in total. The molecule has 0 saturated heterocycles. The molecule has 0 aliphatic heterocycles. The standard InChI is InChI=1S/C18H17N3O4S/c1-11-3-5-12(6-4-11)13-9-26-17-16(13)18(24)21(10-20-17)7-15(23)25-8-14(22)19-2/h3-6,9-10H,7-8H2,1-2H3,(H,19,22). The Bertz CT molecular complexity index is 1020. The second kappa shape index (κ2) is 7.49. The summed E-state index contributed by atoms with van der Waals surface area (Å²) < 4.78 is 6.03. The number of benzene rings is 1. The van der Waals surface area contributed by atoms with Gasteiger partial charge >= 0.3 is 5.97 Å². The quantitative estimate of drug-likeness (QED) is 0.690. The van der Waals surface area contributed by atoms with Crippen LogP contribution in [0.1, 0.15) is 5.56 Å². The maximum absolute atomic E-state index is 12.8. The summed E-state index contributed by atoms with van der Waals surface area (Å²) in [6.07, 6.45) is 1.32. The summed E-state index contributed by atoms with van der Waals surface area (Å²) in [7, 11) is 1.45. The highest BCUT2D eigenvalue weighted by Gasteiger charge is 2.15. The Hall–Kier alpha value is -3.00. The van der Waals surface area contributed by atoms with E-state index in [1.165, 1.54) is 29.3 Å². The number of carbonyl (C=O) groups is 2. The molecule has 0 saturated carbocycles. The molecule has 2 aromatic heterocycles. The first kappa shape index (κ1) is 17.8. The van der Waals surface area contributed by atoms with Crippen LogP contribution < -0.4 is 10.9 Å². The maximum Gasteiger partial charge on any atom is 0.326 e. The van der Waals surface area contributed by atoms with Gasteiger partial charge in [0.05, 0.1) is 11.7 Å². The summed E-state index contributed by atoms with van der Waals surface area (Å²) in [5.74, 6) is -1.09. The molecule has 0 atom stereocenters. The lowest BCUT2D eigenvalue weighted by Gasteiger charge is -2.07. The summed E-state index contributed by atoms with van der Waals surface area (Å²) in [4.78, 5) is 40.7. The number of hydrogen-bond acceptors (Lipinski definition) is 6. The predicted molar refractivity (Wildman–Crippen MR) is 99.1 cm³/mol. The SMILES string of the molecule is CNC(=O)COC(=O)Cn1cnc2scc(-c3ccc(C)cc3)c2c1=O. The average Bonchev–Trinajstić information content (AvgIpc) is 3.07. The Morgan fingerprint density at radius 2 is 2.00 bits per heavy atom. The van der Waals surface area contributed by atoms with E-state index in [1.54, 1.807) is 0 Å². The topological polar surface area (TPSA) is 90.3 Å². The number of nitrogens with zero attached hydrogens (tertiary/aromatic N) is 2. The normalized spacial score (nSPS) is 10.7. The first-order valence-electron chi connectivity index (χ1n) is 7.89. The van der Waals surface area contributed by atoms with Crippen LogP contribution in [0.2, 0.25) is 0 Å². The number of aromatic nitrogens is 2. The molecule has 134 valence electrons. The summed E-state index contributed by atoms with van der Waals surface area (Å²) in [6.45, 7) is 1.31. The molecular weight excluding hydrogens is 354 g/mol. The van der Waals surface area contributed by atoms with Crippen molar-refractivity contribution in [2.45, 2.75) is 13.5 Å². The Kier molecular flexibility index (Phi) is 5.13. The highest BCUT2D eigenvalue weighted by atomic mass is 32.1. The fraction of sp³-hybridized carbons (Fsp3) is 0.222. The van der Waals surface area contributed by atoms with E-state index >= 15 is 0 Å². The van der Waals surface area contributed by atoms with Crippen molar-refractivity contribution in [3.63, 3.8) is 0 Å². The second-order valence-electron chi connectivity index (χ2n) is 5.71. The molecule has 0 fully saturated rings. The summed E-state index contributed by atoms with van der Waals surface area (Å²) >= 11 is 1.38. The van der Waals surface area contributed by atoms with Crippen molar-refractivity contribution in [3.05, 3.63) is 51.9 Å². The number of fused-ring (bicyclic) bond motifs is 1. The number of likely N-dealkylation sites (N-methyl/N-ethyl adjacent to an activating group) is 1. The van der Waals surface area contributed by atoms with E-state index in [4.69, 9.17) is 4.74 Å². The maximum atomic E-state index is 12.8. The monoisotopic (exact) mass is 371 g/mol.